The molecule has 1 fully saturated rings. The van der Waals surface area contributed by atoms with Crippen LogP contribution in [0.3, 0.4) is 0 Å². The SMILES string of the molecule is O=C(NCC(F)(F)F)c1ccc(N2CCC(Cc3ccccc3)CC2)nn1. The first kappa shape index (κ1) is 19.1. The van der Waals surface area contributed by atoms with Crippen LogP contribution in [-0.2, 0) is 6.42 Å². The predicted octanol–water partition coefficient (Wildman–Crippen LogP) is 3.23. The Morgan fingerprint density at radius 1 is 1.07 bits per heavy atom. The fraction of sp³-hybridized carbons (Fsp3) is 0.421. The minimum atomic E-state index is -4.45. The van der Waals surface area contributed by atoms with Gasteiger partial charge >= 0.3 is 6.18 Å². The van der Waals surface area contributed by atoms with E-state index in [9.17, 15) is 18.0 Å². The molecule has 0 saturated carbocycles. The van der Waals surface area contributed by atoms with Gasteiger partial charge in [0.2, 0.25) is 0 Å². The Kier molecular flexibility index (Phi) is 5.93. The molecule has 27 heavy (non-hydrogen) atoms. The van der Waals surface area contributed by atoms with Crippen molar-refractivity contribution in [2.75, 3.05) is 24.5 Å². The van der Waals surface area contributed by atoms with E-state index in [1.165, 1.54) is 11.6 Å². The largest absolute Gasteiger partial charge is 0.405 e. The molecule has 5 nitrogen and oxygen atoms in total. The van der Waals surface area contributed by atoms with E-state index >= 15 is 0 Å². The third kappa shape index (κ3) is 5.67. The van der Waals surface area contributed by atoms with Crippen LogP contribution in [0.2, 0.25) is 0 Å². The Hall–Kier alpha value is -2.64. The van der Waals surface area contributed by atoms with Crippen molar-refractivity contribution in [1.29, 1.82) is 0 Å². The number of amides is 1. The zero-order valence-electron chi connectivity index (χ0n) is 14.7. The van der Waals surface area contributed by atoms with Crippen LogP contribution in [0.5, 0.6) is 0 Å². The number of anilines is 1. The number of nitrogens with zero attached hydrogens (tertiary/aromatic N) is 3. The maximum Gasteiger partial charge on any atom is 0.405 e. The molecule has 0 aliphatic carbocycles. The van der Waals surface area contributed by atoms with Crippen LogP contribution in [0.1, 0.15) is 28.9 Å². The number of halogens is 3. The van der Waals surface area contributed by atoms with Gasteiger partial charge in [0.15, 0.2) is 11.5 Å². The minimum absolute atomic E-state index is 0.123. The molecular weight excluding hydrogens is 357 g/mol. The van der Waals surface area contributed by atoms with E-state index in [1.807, 2.05) is 18.2 Å². The fourth-order valence-corrected chi connectivity index (χ4v) is 3.20. The number of carbonyl (C=O) groups excluding carboxylic acids is 1. The second-order valence-corrected chi connectivity index (χ2v) is 6.69. The lowest BCUT2D eigenvalue weighted by Gasteiger charge is -2.32. The lowest BCUT2D eigenvalue weighted by molar-refractivity contribution is -0.123. The average molecular weight is 378 g/mol. The van der Waals surface area contributed by atoms with Gasteiger partial charge in [-0.15, -0.1) is 10.2 Å². The summed E-state index contributed by atoms with van der Waals surface area (Å²) in [5.74, 6) is 0.373. The molecule has 0 radical (unpaired) electrons. The molecule has 0 spiro atoms. The van der Waals surface area contributed by atoms with Crippen molar-refractivity contribution < 1.29 is 18.0 Å². The summed E-state index contributed by atoms with van der Waals surface area (Å²) in [4.78, 5) is 13.8. The van der Waals surface area contributed by atoms with Gasteiger partial charge in [0, 0.05) is 13.1 Å². The van der Waals surface area contributed by atoms with E-state index < -0.39 is 18.6 Å². The van der Waals surface area contributed by atoms with Crippen LogP contribution in [0.15, 0.2) is 42.5 Å². The molecule has 1 aliphatic rings. The van der Waals surface area contributed by atoms with Crippen LogP contribution in [0.25, 0.3) is 0 Å². The van der Waals surface area contributed by atoms with Crippen molar-refractivity contribution in [2.45, 2.75) is 25.4 Å². The molecule has 0 atom stereocenters. The Bertz CT molecular complexity index is 742. The molecule has 3 rings (SSSR count). The van der Waals surface area contributed by atoms with Crippen molar-refractivity contribution >= 4 is 11.7 Å². The highest BCUT2D eigenvalue weighted by atomic mass is 19.4. The van der Waals surface area contributed by atoms with Crippen molar-refractivity contribution in [1.82, 2.24) is 15.5 Å². The summed E-state index contributed by atoms with van der Waals surface area (Å²) in [6, 6.07) is 13.4. The van der Waals surface area contributed by atoms with Gasteiger partial charge in [-0.25, -0.2) is 0 Å². The van der Waals surface area contributed by atoms with Gasteiger partial charge in [0.05, 0.1) is 0 Å². The maximum absolute atomic E-state index is 12.2. The van der Waals surface area contributed by atoms with Gasteiger partial charge in [0.1, 0.15) is 6.54 Å². The summed E-state index contributed by atoms with van der Waals surface area (Å²) in [6.07, 6.45) is -1.33. The van der Waals surface area contributed by atoms with Crippen molar-refractivity contribution in [2.24, 2.45) is 5.92 Å². The zero-order chi connectivity index (χ0) is 19.3. The molecule has 1 aromatic heterocycles. The number of piperidine rings is 1. The standard InChI is InChI=1S/C19H21F3N4O/c20-19(21,22)13-23-18(27)16-6-7-17(25-24-16)26-10-8-15(9-11-26)12-14-4-2-1-3-5-14/h1-7,15H,8-13H2,(H,23,27). The second-order valence-electron chi connectivity index (χ2n) is 6.69. The summed E-state index contributed by atoms with van der Waals surface area (Å²) >= 11 is 0. The molecule has 1 amide bonds. The van der Waals surface area contributed by atoms with Crippen molar-refractivity contribution in [3.05, 3.63) is 53.7 Å². The van der Waals surface area contributed by atoms with E-state index in [1.54, 1.807) is 11.4 Å². The highest BCUT2D eigenvalue weighted by molar-refractivity contribution is 5.92. The Balaban J connectivity index is 1.50. The molecule has 2 heterocycles. The Labute approximate surface area is 155 Å². The van der Waals surface area contributed by atoms with Gasteiger partial charge < -0.3 is 10.2 Å². The number of benzene rings is 1. The minimum Gasteiger partial charge on any atom is -0.355 e. The molecule has 1 aliphatic heterocycles. The number of hydrogen-bond acceptors (Lipinski definition) is 4. The highest BCUT2D eigenvalue weighted by Gasteiger charge is 2.28. The van der Waals surface area contributed by atoms with Crippen LogP contribution in [0.4, 0.5) is 19.0 Å². The lowest BCUT2D eigenvalue weighted by Crippen LogP contribution is -2.36. The van der Waals surface area contributed by atoms with Gasteiger partial charge in [-0.1, -0.05) is 30.3 Å². The first-order valence-corrected chi connectivity index (χ1v) is 8.88. The second kappa shape index (κ2) is 8.37. The van der Waals surface area contributed by atoms with Crippen LogP contribution in [-0.4, -0.2) is 41.9 Å². The first-order valence-electron chi connectivity index (χ1n) is 8.88. The van der Waals surface area contributed by atoms with Crippen molar-refractivity contribution in [3.8, 4) is 0 Å². The maximum atomic E-state index is 12.2. The predicted molar refractivity (Wildman–Crippen MR) is 95.5 cm³/mol. The third-order valence-electron chi connectivity index (χ3n) is 4.64. The first-order chi connectivity index (χ1) is 12.9. The summed E-state index contributed by atoms with van der Waals surface area (Å²) < 4.78 is 36.5. The lowest BCUT2D eigenvalue weighted by atomic mass is 9.90. The molecule has 8 heteroatoms. The van der Waals surface area contributed by atoms with Gasteiger partial charge in [-0.3, -0.25) is 4.79 Å². The average Bonchev–Trinajstić information content (AvgIpc) is 2.67. The van der Waals surface area contributed by atoms with Gasteiger partial charge in [-0.05, 0) is 42.9 Å². The molecule has 0 bridgehead atoms. The number of hydrogen-bond donors (Lipinski definition) is 1. The number of carbonyl (C=O) groups is 1. The summed E-state index contributed by atoms with van der Waals surface area (Å²) in [5, 5.41) is 9.57. The molecular formula is C19H21F3N4O. The quantitative estimate of drug-likeness (QED) is 0.868. The number of nitrogens with one attached hydrogen (secondary N) is 1. The van der Waals surface area contributed by atoms with E-state index in [0.29, 0.717) is 11.7 Å². The molecule has 144 valence electrons. The summed E-state index contributed by atoms with van der Waals surface area (Å²) in [5.41, 5.74) is 1.21. The summed E-state index contributed by atoms with van der Waals surface area (Å²) in [7, 11) is 0. The smallest absolute Gasteiger partial charge is 0.355 e. The van der Waals surface area contributed by atoms with E-state index in [0.717, 1.165) is 32.4 Å². The number of rotatable bonds is 5. The van der Waals surface area contributed by atoms with E-state index in [-0.39, 0.29) is 5.69 Å². The normalized spacial score (nSPS) is 15.6. The molecule has 1 aromatic carbocycles. The van der Waals surface area contributed by atoms with E-state index in [4.69, 9.17) is 0 Å². The van der Waals surface area contributed by atoms with Crippen LogP contribution < -0.4 is 10.2 Å². The van der Waals surface area contributed by atoms with Crippen molar-refractivity contribution in [3.63, 3.8) is 0 Å². The Morgan fingerprint density at radius 2 is 1.78 bits per heavy atom. The van der Waals surface area contributed by atoms with Gasteiger partial charge in [-0.2, -0.15) is 13.2 Å². The Morgan fingerprint density at radius 3 is 2.37 bits per heavy atom. The molecule has 0 unspecified atom stereocenters. The zero-order valence-corrected chi connectivity index (χ0v) is 14.7. The monoisotopic (exact) mass is 378 g/mol. The van der Waals surface area contributed by atoms with Crippen LogP contribution in [0, 0.1) is 5.92 Å². The topological polar surface area (TPSA) is 58.1 Å². The number of aromatic nitrogens is 2. The highest BCUT2D eigenvalue weighted by Crippen LogP contribution is 2.24. The fourth-order valence-electron chi connectivity index (χ4n) is 3.20. The molecule has 2 aromatic rings. The van der Waals surface area contributed by atoms with E-state index in [2.05, 4.69) is 27.2 Å². The van der Waals surface area contributed by atoms with Gasteiger partial charge in [0.25, 0.3) is 5.91 Å². The van der Waals surface area contributed by atoms with Crippen LogP contribution >= 0.6 is 0 Å². The third-order valence-corrected chi connectivity index (χ3v) is 4.64. The number of alkyl halides is 3. The molecule has 1 N–H and O–H groups in total. The summed E-state index contributed by atoms with van der Waals surface area (Å²) in [6.45, 7) is 0.293. The molecule has 1 saturated heterocycles.